The summed E-state index contributed by atoms with van der Waals surface area (Å²) >= 11 is 1.90. The van der Waals surface area contributed by atoms with Gasteiger partial charge in [-0.3, -0.25) is 9.69 Å². The monoisotopic (exact) mass is 462 g/mol. The van der Waals surface area contributed by atoms with Crippen LogP contribution in [0.3, 0.4) is 0 Å². The van der Waals surface area contributed by atoms with Gasteiger partial charge in [-0.25, -0.2) is 9.50 Å². The molecule has 8 heteroatoms. The fraction of sp³-hybridized carbons (Fsp3) is 0.480. The second kappa shape index (κ2) is 7.14. The van der Waals surface area contributed by atoms with Gasteiger partial charge in [0.15, 0.2) is 5.65 Å². The largest absolute Gasteiger partial charge is 0.369 e. The van der Waals surface area contributed by atoms with Crippen molar-refractivity contribution in [2.45, 2.75) is 58.9 Å². The van der Waals surface area contributed by atoms with Crippen molar-refractivity contribution >= 4 is 33.1 Å². The summed E-state index contributed by atoms with van der Waals surface area (Å²) in [5.74, 6) is 1.38. The first-order chi connectivity index (χ1) is 15.8. The molecular formula is C25H30N6OS. The van der Waals surface area contributed by atoms with E-state index >= 15 is 0 Å². The Morgan fingerprint density at radius 3 is 2.76 bits per heavy atom. The lowest BCUT2D eigenvalue weighted by Crippen LogP contribution is -2.67. The van der Waals surface area contributed by atoms with Crippen LogP contribution in [0.25, 0.3) is 27.1 Å². The van der Waals surface area contributed by atoms with Crippen molar-refractivity contribution in [3.8, 4) is 11.3 Å². The van der Waals surface area contributed by atoms with Crippen LogP contribution in [0.1, 0.15) is 59.2 Å². The van der Waals surface area contributed by atoms with Gasteiger partial charge in [-0.2, -0.15) is 5.10 Å². The van der Waals surface area contributed by atoms with Crippen molar-refractivity contribution in [3.05, 3.63) is 39.7 Å². The summed E-state index contributed by atoms with van der Waals surface area (Å²) in [6.45, 7) is 12.5. The number of carbonyl (C=O) groups is 1. The van der Waals surface area contributed by atoms with Crippen molar-refractivity contribution in [1.29, 1.82) is 0 Å². The van der Waals surface area contributed by atoms with E-state index in [1.165, 1.54) is 49.5 Å². The number of aromatic nitrogens is 4. The third kappa shape index (κ3) is 2.86. The molecule has 1 amide bonds. The van der Waals surface area contributed by atoms with Crippen molar-refractivity contribution < 1.29 is 4.79 Å². The van der Waals surface area contributed by atoms with Gasteiger partial charge < -0.3 is 10.7 Å². The number of fused-ring (bicyclic) bond motifs is 3. The first-order valence-corrected chi connectivity index (χ1v) is 12.5. The molecule has 2 fully saturated rings. The molecule has 1 aliphatic carbocycles. The van der Waals surface area contributed by atoms with Gasteiger partial charge >= 0.3 is 0 Å². The highest BCUT2D eigenvalue weighted by molar-refractivity contribution is 7.19. The van der Waals surface area contributed by atoms with Gasteiger partial charge in [0.05, 0.1) is 12.2 Å². The molecule has 1 saturated heterocycles. The lowest BCUT2D eigenvalue weighted by atomic mass is 9.62. The molecule has 2 aliphatic rings. The number of hydrogen-bond acceptors (Lipinski definition) is 5. The summed E-state index contributed by atoms with van der Waals surface area (Å²) in [4.78, 5) is 24.7. The molecule has 0 spiro atoms. The number of amides is 1. The van der Waals surface area contributed by atoms with E-state index in [4.69, 9.17) is 5.73 Å². The number of pyridine rings is 1. The molecule has 3 atom stereocenters. The zero-order valence-electron chi connectivity index (χ0n) is 19.8. The molecule has 5 heterocycles. The van der Waals surface area contributed by atoms with E-state index in [9.17, 15) is 4.79 Å². The molecular weight excluding hydrogens is 432 g/mol. The number of piperidine rings is 1. The van der Waals surface area contributed by atoms with Crippen molar-refractivity contribution in [3.63, 3.8) is 0 Å². The quantitative estimate of drug-likeness (QED) is 0.463. The Morgan fingerprint density at radius 2 is 2.06 bits per heavy atom. The minimum Gasteiger partial charge on any atom is -0.369 e. The van der Waals surface area contributed by atoms with Crippen molar-refractivity contribution in [2.75, 3.05) is 13.1 Å². The number of aromatic amines is 1. The van der Waals surface area contributed by atoms with E-state index in [-0.39, 0.29) is 5.91 Å². The Hall–Kier alpha value is -2.71. The van der Waals surface area contributed by atoms with E-state index in [1.807, 2.05) is 15.9 Å². The van der Waals surface area contributed by atoms with Crippen LogP contribution in [0.4, 0.5) is 0 Å². The molecule has 7 nitrogen and oxygen atoms in total. The topological polar surface area (TPSA) is 92.3 Å². The smallest absolute Gasteiger partial charge is 0.231 e. The molecule has 3 unspecified atom stereocenters. The maximum absolute atomic E-state index is 11.5. The summed E-state index contributed by atoms with van der Waals surface area (Å²) < 4.78 is 1.88. The lowest BCUT2D eigenvalue weighted by Gasteiger charge is -2.60. The Balaban J connectivity index is 1.46. The predicted octanol–water partition coefficient (Wildman–Crippen LogP) is 4.26. The number of carbonyl (C=O) groups excluding carboxylic acids is 1. The number of hydrogen-bond donors (Lipinski definition) is 2. The van der Waals surface area contributed by atoms with Crippen LogP contribution in [0, 0.1) is 26.7 Å². The standard InChI is InChI=1S/C25H30N6OS/c1-11(2)19-20-14(5)23(16-6-15-7-30(22(15)16)9-18(26)32)33-25(20)29-21(19)17-8-31-24(27-10-28-31)13(4)12(17)3/h8,10-11,15-16,22,29H,6-7,9H2,1-5H3,(H2,26,32). The van der Waals surface area contributed by atoms with Gasteiger partial charge in [-0.1, -0.05) is 13.8 Å². The maximum atomic E-state index is 11.5. The second-order valence-electron chi connectivity index (χ2n) is 10.2. The minimum absolute atomic E-state index is 0.226. The van der Waals surface area contributed by atoms with Gasteiger partial charge in [-0.05, 0) is 61.3 Å². The molecule has 6 rings (SSSR count). The third-order valence-corrected chi connectivity index (χ3v) is 9.31. The Labute approximate surface area is 197 Å². The molecule has 0 radical (unpaired) electrons. The highest BCUT2D eigenvalue weighted by atomic mass is 32.1. The van der Waals surface area contributed by atoms with Crippen LogP contribution >= 0.6 is 11.3 Å². The second-order valence-corrected chi connectivity index (χ2v) is 11.2. The highest BCUT2D eigenvalue weighted by Gasteiger charge is 2.54. The normalized spacial score (nSPS) is 22.7. The number of likely N-dealkylation sites (tertiary alicyclic amines) is 1. The van der Waals surface area contributed by atoms with Gasteiger partial charge in [0.25, 0.3) is 0 Å². The number of nitrogens with two attached hydrogens (primary N) is 1. The summed E-state index contributed by atoms with van der Waals surface area (Å²) in [6.07, 6.45) is 4.94. The molecule has 0 aromatic carbocycles. The number of thiophene rings is 1. The number of primary amides is 1. The van der Waals surface area contributed by atoms with Gasteiger partial charge in [0.2, 0.25) is 5.91 Å². The van der Waals surface area contributed by atoms with Gasteiger partial charge in [-0.15, -0.1) is 11.3 Å². The average molecular weight is 463 g/mol. The van der Waals surface area contributed by atoms with E-state index < -0.39 is 0 Å². The summed E-state index contributed by atoms with van der Waals surface area (Å²) in [5, 5.41) is 5.78. The fourth-order valence-corrected chi connectivity index (χ4v) is 7.62. The van der Waals surface area contributed by atoms with Crippen LogP contribution in [-0.4, -0.2) is 49.5 Å². The number of H-pyrrole nitrogens is 1. The van der Waals surface area contributed by atoms with Crippen molar-refractivity contribution in [2.24, 2.45) is 11.7 Å². The number of rotatable bonds is 5. The SMILES string of the molecule is Cc1c(-c2[nH]c3sc(C4CC5CN(CC(N)=O)C54)c(C)c3c2C(C)C)cn2ncnc2c1C. The Bertz CT molecular complexity index is 1430. The lowest BCUT2D eigenvalue weighted by molar-refractivity contribution is -0.129. The minimum atomic E-state index is -0.226. The average Bonchev–Trinajstić information content (AvgIpc) is 3.42. The molecule has 3 N–H and O–H groups in total. The predicted molar refractivity (Wildman–Crippen MR) is 132 cm³/mol. The molecule has 1 aliphatic heterocycles. The molecule has 1 saturated carbocycles. The third-order valence-electron chi connectivity index (χ3n) is 7.97. The van der Waals surface area contributed by atoms with Gasteiger partial charge in [0.1, 0.15) is 11.2 Å². The fourth-order valence-electron chi connectivity index (χ4n) is 6.24. The molecule has 4 aromatic heterocycles. The summed E-state index contributed by atoms with van der Waals surface area (Å²) in [6, 6.07) is 0.473. The summed E-state index contributed by atoms with van der Waals surface area (Å²) in [7, 11) is 0. The van der Waals surface area contributed by atoms with Crippen LogP contribution in [0.2, 0.25) is 0 Å². The molecule has 4 aromatic rings. The molecule has 33 heavy (non-hydrogen) atoms. The van der Waals surface area contributed by atoms with E-state index in [0.717, 1.165) is 17.8 Å². The Kier molecular flexibility index (Phi) is 4.52. The maximum Gasteiger partial charge on any atom is 0.231 e. The number of aryl methyl sites for hydroxylation is 2. The number of nitrogens with zero attached hydrogens (tertiary/aromatic N) is 4. The van der Waals surface area contributed by atoms with Crippen LogP contribution < -0.4 is 5.73 Å². The van der Waals surface area contributed by atoms with E-state index in [1.54, 1.807) is 6.33 Å². The Morgan fingerprint density at radius 1 is 1.27 bits per heavy atom. The van der Waals surface area contributed by atoms with Crippen LogP contribution in [0.15, 0.2) is 12.5 Å². The molecule has 0 bridgehead atoms. The van der Waals surface area contributed by atoms with Crippen LogP contribution in [0.5, 0.6) is 0 Å². The van der Waals surface area contributed by atoms with Gasteiger partial charge in [0, 0.05) is 40.5 Å². The van der Waals surface area contributed by atoms with Crippen molar-refractivity contribution in [1.82, 2.24) is 24.5 Å². The van der Waals surface area contributed by atoms with E-state index in [2.05, 4.69) is 60.8 Å². The first-order valence-electron chi connectivity index (χ1n) is 11.7. The zero-order valence-corrected chi connectivity index (χ0v) is 20.6. The summed E-state index contributed by atoms with van der Waals surface area (Å²) in [5.41, 5.74) is 14.0. The first kappa shape index (κ1) is 20.9. The van der Waals surface area contributed by atoms with E-state index in [0.29, 0.717) is 30.3 Å². The zero-order chi connectivity index (χ0) is 23.2. The highest BCUT2D eigenvalue weighted by Crippen LogP contribution is 2.55. The number of nitrogens with one attached hydrogen (secondary N) is 1. The van der Waals surface area contributed by atoms with Crippen LogP contribution in [-0.2, 0) is 4.79 Å². The molecule has 172 valence electrons.